The SMILES string of the molecule is CC(=O)N1c2ccc(-c3ccc4c(c3)CCN4S(C)(=O)=O)cc2N(C(=O)OC2CCCNC2)C[C@@H]1C. The highest BCUT2D eigenvalue weighted by molar-refractivity contribution is 7.92. The number of anilines is 3. The van der Waals surface area contributed by atoms with Gasteiger partial charge in [-0.3, -0.25) is 14.0 Å². The molecule has 10 heteroatoms. The average Bonchev–Trinajstić information content (AvgIpc) is 3.27. The smallest absolute Gasteiger partial charge is 0.414 e. The van der Waals surface area contributed by atoms with Crippen molar-refractivity contribution in [3.63, 3.8) is 0 Å². The summed E-state index contributed by atoms with van der Waals surface area (Å²) in [5.74, 6) is -0.0839. The van der Waals surface area contributed by atoms with Gasteiger partial charge in [-0.1, -0.05) is 12.1 Å². The summed E-state index contributed by atoms with van der Waals surface area (Å²) in [6.45, 7) is 5.79. The largest absolute Gasteiger partial charge is 0.444 e. The first-order valence-corrected chi connectivity index (χ1v) is 14.2. The van der Waals surface area contributed by atoms with Crippen molar-refractivity contribution in [3.8, 4) is 11.1 Å². The topological polar surface area (TPSA) is 99.3 Å². The second kappa shape index (κ2) is 9.40. The first-order valence-electron chi connectivity index (χ1n) is 12.4. The van der Waals surface area contributed by atoms with Crippen LogP contribution in [0.1, 0.15) is 32.3 Å². The molecule has 0 saturated carbocycles. The third-order valence-electron chi connectivity index (χ3n) is 7.16. The quantitative estimate of drug-likeness (QED) is 0.679. The Morgan fingerprint density at radius 3 is 2.44 bits per heavy atom. The van der Waals surface area contributed by atoms with Crippen LogP contribution in [0, 0.1) is 0 Å². The van der Waals surface area contributed by atoms with Crippen molar-refractivity contribution in [2.45, 2.75) is 45.3 Å². The second-order valence-corrected chi connectivity index (χ2v) is 11.7. The fourth-order valence-electron chi connectivity index (χ4n) is 5.48. The molecular formula is C26H32N4O5S. The Bertz CT molecular complexity index is 1310. The minimum Gasteiger partial charge on any atom is -0.444 e. The van der Waals surface area contributed by atoms with Gasteiger partial charge in [-0.05, 0) is 73.7 Å². The number of ether oxygens (including phenoxy) is 1. The van der Waals surface area contributed by atoms with Crippen LogP contribution in [0.15, 0.2) is 36.4 Å². The summed E-state index contributed by atoms with van der Waals surface area (Å²) in [4.78, 5) is 29.1. The van der Waals surface area contributed by atoms with Crippen LogP contribution < -0.4 is 19.4 Å². The number of hydrogen-bond acceptors (Lipinski definition) is 6. The van der Waals surface area contributed by atoms with Gasteiger partial charge in [-0.15, -0.1) is 0 Å². The number of carbonyl (C=O) groups excluding carboxylic acids is 2. The lowest BCUT2D eigenvalue weighted by atomic mass is 9.98. The van der Waals surface area contributed by atoms with E-state index in [2.05, 4.69) is 5.32 Å². The number of rotatable bonds is 3. The standard InChI is InChI=1S/C26H32N4O5S/c1-17-16-28(26(32)35-22-5-4-11-27-15-22)25-14-20(7-9-24(25)30(17)18(2)31)19-6-8-23-21(13-19)10-12-29(23)36(3,33)34/h6-9,13-14,17,22,27H,4-5,10-12,15-16H2,1-3H3/t17-,22?/m0/s1. The third kappa shape index (κ3) is 4.55. The zero-order valence-electron chi connectivity index (χ0n) is 20.9. The molecule has 192 valence electrons. The maximum Gasteiger partial charge on any atom is 0.414 e. The molecule has 1 unspecified atom stereocenters. The molecule has 2 amide bonds. The molecule has 1 N–H and O–H groups in total. The Balaban J connectivity index is 1.51. The summed E-state index contributed by atoms with van der Waals surface area (Å²) >= 11 is 0. The van der Waals surface area contributed by atoms with E-state index in [1.165, 1.54) is 17.5 Å². The number of hydrogen-bond donors (Lipinski definition) is 1. The maximum absolute atomic E-state index is 13.3. The zero-order valence-corrected chi connectivity index (χ0v) is 21.7. The van der Waals surface area contributed by atoms with Crippen LogP contribution in [-0.4, -0.2) is 65.0 Å². The number of piperidine rings is 1. The molecule has 36 heavy (non-hydrogen) atoms. The van der Waals surface area contributed by atoms with Crippen molar-refractivity contribution in [1.82, 2.24) is 5.32 Å². The highest BCUT2D eigenvalue weighted by atomic mass is 32.2. The van der Waals surface area contributed by atoms with E-state index >= 15 is 0 Å². The molecule has 0 aromatic heterocycles. The number of amides is 2. The molecular weight excluding hydrogens is 480 g/mol. The zero-order chi connectivity index (χ0) is 25.6. The predicted molar refractivity (Wildman–Crippen MR) is 140 cm³/mol. The molecule has 3 aliphatic heterocycles. The summed E-state index contributed by atoms with van der Waals surface area (Å²) in [5.41, 5.74) is 4.79. The van der Waals surface area contributed by atoms with Gasteiger partial charge in [0.1, 0.15) is 6.10 Å². The molecule has 0 radical (unpaired) electrons. The molecule has 0 aliphatic carbocycles. The van der Waals surface area contributed by atoms with Gasteiger partial charge in [0.2, 0.25) is 15.9 Å². The lowest BCUT2D eigenvalue weighted by Crippen LogP contribution is -2.52. The van der Waals surface area contributed by atoms with Crippen LogP contribution in [0.3, 0.4) is 0 Å². The lowest BCUT2D eigenvalue weighted by Gasteiger charge is -2.41. The van der Waals surface area contributed by atoms with Gasteiger partial charge in [0.15, 0.2) is 0 Å². The minimum absolute atomic E-state index is 0.0839. The summed E-state index contributed by atoms with van der Waals surface area (Å²) in [6, 6.07) is 11.3. The van der Waals surface area contributed by atoms with Crippen molar-refractivity contribution in [2.24, 2.45) is 0 Å². The second-order valence-electron chi connectivity index (χ2n) is 9.83. The van der Waals surface area contributed by atoms with Crippen LogP contribution >= 0.6 is 0 Å². The van der Waals surface area contributed by atoms with Gasteiger partial charge in [-0.2, -0.15) is 0 Å². The average molecular weight is 513 g/mol. The van der Waals surface area contributed by atoms with Crippen molar-refractivity contribution < 1.29 is 22.7 Å². The van der Waals surface area contributed by atoms with E-state index in [-0.39, 0.29) is 18.1 Å². The number of nitrogens with zero attached hydrogens (tertiary/aromatic N) is 3. The first kappa shape index (κ1) is 24.6. The van der Waals surface area contributed by atoms with Gasteiger partial charge in [0.25, 0.3) is 0 Å². The Kier molecular flexibility index (Phi) is 6.42. The van der Waals surface area contributed by atoms with E-state index in [0.29, 0.717) is 43.1 Å². The maximum atomic E-state index is 13.3. The van der Waals surface area contributed by atoms with Gasteiger partial charge in [0.05, 0.1) is 29.4 Å². The van der Waals surface area contributed by atoms with Crippen LogP contribution in [0.5, 0.6) is 0 Å². The molecule has 0 bridgehead atoms. The summed E-state index contributed by atoms with van der Waals surface area (Å²) in [7, 11) is -3.32. The molecule has 5 rings (SSSR count). The highest BCUT2D eigenvalue weighted by Gasteiger charge is 2.36. The van der Waals surface area contributed by atoms with Gasteiger partial charge < -0.3 is 15.0 Å². The Hall–Kier alpha value is -3.11. The predicted octanol–water partition coefficient (Wildman–Crippen LogP) is 3.13. The van der Waals surface area contributed by atoms with Crippen molar-refractivity contribution in [2.75, 3.05) is 46.5 Å². The van der Waals surface area contributed by atoms with Gasteiger partial charge in [0, 0.05) is 26.6 Å². The molecule has 2 aromatic carbocycles. The molecule has 1 fully saturated rings. The van der Waals surface area contributed by atoms with E-state index in [9.17, 15) is 18.0 Å². The number of sulfonamides is 1. The van der Waals surface area contributed by atoms with Crippen molar-refractivity contribution >= 4 is 39.1 Å². The van der Waals surface area contributed by atoms with Crippen LogP contribution in [-0.2, 0) is 26.0 Å². The summed E-state index contributed by atoms with van der Waals surface area (Å²) < 4.78 is 31.5. The van der Waals surface area contributed by atoms with Crippen LogP contribution in [0.25, 0.3) is 11.1 Å². The number of nitrogens with one attached hydrogen (secondary N) is 1. The highest BCUT2D eigenvalue weighted by Crippen LogP contribution is 2.41. The number of carbonyl (C=O) groups is 2. The van der Waals surface area contributed by atoms with Crippen molar-refractivity contribution in [3.05, 3.63) is 42.0 Å². The summed E-state index contributed by atoms with van der Waals surface area (Å²) in [6.07, 6.45) is 3.07. The lowest BCUT2D eigenvalue weighted by molar-refractivity contribution is -0.117. The Morgan fingerprint density at radius 1 is 1.06 bits per heavy atom. The van der Waals surface area contributed by atoms with Gasteiger partial charge >= 0.3 is 6.09 Å². The van der Waals surface area contributed by atoms with E-state index in [4.69, 9.17) is 4.74 Å². The van der Waals surface area contributed by atoms with E-state index < -0.39 is 16.1 Å². The molecule has 9 nitrogen and oxygen atoms in total. The fourth-order valence-corrected chi connectivity index (χ4v) is 6.44. The van der Waals surface area contributed by atoms with Crippen LogP contribution in [0.4, 0.5) is 21.9 Å². The molecule has 1 saturated heterocycles. The van der Waals surface area contributed by atoms with E-state index in [1.807, 2.05) is 43.3 Å². The number of fused-ring (bicyclic) bond motifs is 2. The monoisotopic (exact) mass is 512 g/mol. The molecule has 0 spiro atoms. The first-order chi connectivity index (χ1) is 17.1. The Morgan fingerprint density at radius 2 is 1.78 bits per heavy atom. The molecule has 3 heterocycles. The van der Waals surface area contributed by atoms with Crippen molar-refractivity contribution in [1.29, 1.82) is 0 Å². The minimum atomic E-state index is -3.32. The van der Waals surface area contributed by atoms with Gasteiger partial charge in [-0.25, -0.2) is 13.2 Å². The number of benzene rings is 2. The molecule has 2 atom stereocenters. The normalized spacial score (nSPS) is 21.7. The third-order valence-corrected chi connectivity index (χ3v) is 8.34. The summed E-state index contributed by atoms with van der Waals surface area (Å²) in [5, 5.41) is 3.27. The fraction of sp³-hybridized carbons (Fsp3) is 0.462. The van der Waals surface area contributed by atoms with Crippen LogP contribution in [0.2, 0.25) is 0 Å². The molecule has 3 aliphatic rings. The van der Waals surface area contributed by atoms with E-state index in [1.54, 1.807) is 9.80 Å². The van der Waals surface area contributed by atoms with E-state index in [0.717, 1.165) is 36.1 Å². The Labute approximate surface area is 212 Å². The molecule has 2 aromatic rings.